The Hall–Kier alpha value is -0.843. The van der Waals surface area contributed by atoms with E-state index in [1.54, 1.807) is 0 Å². The Morgan fingerprint density at radius 3 is 2.55 bits per heavy atom. The first kappa shape index (κ1) is 15.5. The van der Waals surface area contributed by atoms with Crippen molar-refractivity contribution in [3.05, 3.63) is 29.8 Å². The number of nitrogens with two attached hydrogens (primary N) is 1. The molecule has 1 atom stereocenters. The molecule has 1 aliphatic rings. The Morgan fingerprint density at radius 2 is 1.95 bits per heavy atom. The zero-order chi connectivity index (χ0) is 15.0. The summed E-state index contributed by atoms with van der Waals surface area (Å²) in [5, 5.41) is 0.169. The van der Waals surface area contributed by atoms with E-state index in [-0.39, 0.29) is 5.04 Å². The minimum absolute atomic E-state index is 0.169. The van der Waals surface area contributed by atoms with Crippen LogP contribution < -0.4 is 10.5 Å². The monoisotopic (exact) mass is 293 g/mol. The van der Waals surface area contributed by atoms with Gasteiger partial charge < -0.3 is 14.9 Å². The van der Waals surface area contributed by atoms with E-state index in [1.165, 1.54) is 0 Å². The Morgan fingerprint density at radius 1 is 1.30 bits per heavy atom. The maximum Gasteiger partial charge on any atom is 0.193 e. The van der Waals surface area contributed by atoms with E-state index in [0.29, 0.717) is 13.2 Å². The molecule has 1 aliphatic heterocycles. The second kappa shape index (κ2) is 5.17. The van der Waals surface area contributed by atoms with Gasteiger partial charge in [0.05, 0.1) is 6.61 Å². The van der Waals surface area contributed by atoms with E-state index in [1.807, 2.05) is 18.2 Å². The molecule has 1 heterocycles. The van der Waals surface area contributed by atoms with Crippen LogP contribution in [0.4, 0.5) is 0 Å². The van der Waals surface area contributed by atoms with Crippen LogP contribution in [0.5, 0.6) is 5.75 Å². The van der Waals surface area contributed by atoms with E-state index in [9.17, 15) is 0 Å². The van der Waals surface area contributed by atoms with E-state index in [2.05, 4.69) is 39.9 Å². The minimum Gasteiger partial charge on any atom is -0.493 e. The first-order valence-corrected chi connectivity index (χ1v) is 10.3. The molecule has 0 radical (unpaired) electrons. The van der Waals surface area contributed by atoms with Crippen molar-refractivity contribution in [3.63, 3.8) is 0 Å². The van der Waals surface area contributed by atoms with Crippen LogP contribution >= 0.6 is 0 Å². The van der Waals surface area contributed by atoms with Crippen LogP contribution in [0.3, 0.4) is 0 Å². The fourth-order valence-electron chi connectivity index (χ4n) is 2.43. The summed E-state index contributed by atoms with van der Waals surface area (Å²) in [4.78, 5) is 0. The molecule has 0 amide bonds. The number of hydrogen-bond donors (Lipinski definition) is 1. The van der Waals surface area contributed by atoms with Crippen LogP contribution in [0.25, 0.3) is 0 Å². The Bertz CT molecular complexity index is 482. The smallest absolute Gasteiger partial charge is 0.193 e. The van der Waals surface area contributed by atoms with Gasteiger partial charge in [-0.25, -0.2) is 0 Å². The van der Waals surface area contributed by atoms with Gasteiger partial charge in [-0.2, -0.15) is 0 Å². The molecule has 0 spiro atoms. The van der Waals surface area contributed by atoms with Crippen molar-refractivity contribution in [1.29, 1.82) is 0 Å². The fourth-order valence-corrected chi connectivity index (χ4v) is 4.01. The van der Waals surface area contributed by atoms with Gasteiger partial charge in [0.2, 0.25) is 0 Å². The molecule has 20 heavy (non-hydrogen) atoms. The molecular formula is C16H27NO2Si. The second-order valence-electron chi connectivity index (χ2n) is 7.16. The van der Waals surface area contributed by atoms with Crippen molar-refractivity contribution >= 4 is 8.32 Å². The van der Waals surface area contributed by atoms with E-state index >= 15 is 0 Å². The van der Waals surface area contributed by atoms with Gasteiger partial charge >= 0.3 is 0 Å². The minimum atomic E-state index is -1.89. The van der Waals surface area contributed by atoms with Crippen molar-refractivity contribution in [3.8, 4) is 5.75 Å². The molecule has 2 N–H and O–H groups in total. The Labute approximate surface area is 123 Å². The van der Waals surface area contributed by atoms with Gasteiger partial charge in [-0.15, -0.1) is 0 Å². The third-order valence-electron chi connectivity index (χ3n) is 4.73. The van der Waals surface area contributed by atoms with Gasteiger partial charge in [0.25, 0.3) is 0 Å². The lowest BCUT2D eigenvalue weighted by Crippen LogP contribution is -2.53. The molecule has 4 heteroatoms. The molecule has 2 rings (SSSR count). The third-order valence-corrected chi connectivity index (χ3v) is 9.24. The highest BCUT2D eigenvalue weighted by molar-refractivity contribution is 6.74. The SMILES string of the molecule is CC(C)(C)[Si](C)(C)OC1(CN)CCOc2ccccc21. The highest BCUT2D eigenvalue weighted by Gasteiger charge is 2.47. The molecule has 1 unspecified atom stereocenters. The molecule has 1 aromatic rings. The number of benzene rings is 1. The molecular weight excluding hydrogens is 266 g/mol. The first-order valence-electron chi connectivity index (χ1n) is 7.34. The maximum absolute atomic E-state index is 6.74. The highest BCUT2D eigenvalue weighted by Crippen LogP contribution is 2.46. The summed E-state index contributed by atoms with van der Waals surface area (Å²) in [6.45, 7) is 12.5. The molecule has 0 bridgehead atoms. The zero-order valence-corrected chi connectivity index (χ0v) is 14.3. The summed E-state index contributed by atoms with van der Waals surface area (Å²) >= 11 is 0. The maximum atomic E-state index is 6.74. The van der Waals surface area contributed by atoms with Crippen molar-refractivity contribution < 1.29 is 9.16 Å². The van der Waals surface area contributed by atoms with E-state index in [4.69, 9.17) is 14.9 Å². The normalized spacial score (nSPS) is 23.1. The topological polar surface area (TPSA) is 44.5 Å². The van der Waals surface area contributed by atoms with Crippen LogP contribution in [0.1, 0.15) is 32.8 Å². The summed E-state index contributed by atoms with van der Waals surface area (Å²) in [7, 11) is -1.89. The number of para-hydroxylation sites is 1. The van der Waals surface area contributed by atoms with Crippen LogP contribution in [-0.4, -0.2) is 21.5 Å². The number of fused-ring (bicyclic) bond motifs is 1. The fraction of sp³-hybridized carbons (Fsp3) is 0.625. The Balaban J connectivity index is 2.42. The summed E-state index contributed by atoms with van der Waals surface area (Å²) < 4.78 is 12.5. The van der Waals surface area contributed by atoms with E-state index in [0.717, 1.165) is 17.7 Å². The van der Waals surface area contributed by atoms with Crippen LogP contribution in [0.2, 0.25) is 18.1 Å². The van der Waals surface area contributed by atoms with Gasteiger partial charge in [-0.05, 0) is 24.2 Å². The van der Waals surface area contributed by atoms with Crippen LogP contribution in [0, 0.1) is 0 Å². The van der Waals surface area contributed by atoms with Crippen molar-refractivity contribution in [2.75, 3.05) is 13.2 Å². The molecule has 1 aromatic carbocycles. The molecule has 3 nitrogen and oxygen atoms in total. The van der Waals surface area contributed by atoms with Gasteiger partial charge in [0, 0.05) is 18.5 Å². The molecule has 0 aromatic heterocycles. The summed E-state index contributed by atoms with van der Waals surface area (Å²) in [6, 6.07) is 8.13. The van der Waals surface area contributed by atoms with Crippen molar-refractivity contribution in [2.45, 2.75) is 50.9 Å². The number of hydrogen-bond acceptors (Lipinski definition) is 3. The number of ether oxygens (including phenoxy) is 1. The van der Waals surface area contributed by atoms with Gasteiger partial charge in [-0.1, -0.05) is 39.0 Å². The summed E-state index contributed by atoms with van der Waals surface area (Å²) in [5.41, 5.74) is 6.86. The molecule has 0 saturated carbocycles. The number of rotatable bonds is 3. The second-order valence-corrected chi connectivity index (χ2v) is 11.9. The van der Waals surface area contributed by atoms with Crippen molar-refractivity contribution in [2.24, 2.45) is 5.73 Å². The Kier molecular flexibility index (Phi) is 4.02. The quantitative estimate of drug-likeness (QED) is 0.865. The predicted octanol–water partition coefficient (Wildman–Crippen LogP) is 3.64. The third kappa shape index (κ3) is 2.64. The lowest BCUT2D eigenvalue weighted by atomic mass is 9.88. The average Bonchev–Trinajstić information content (AvgIpc) is 2.37. The van der Waals surface area contributed by atoms with Crippen LogP contribution in [-0.2, 0) is 10.0 Å². The lowest BCUT2D eigenvalue weighted by Gasteiger charge is -2.47. The lowest BCUT2D eigenvalue weighted by molar-refractivity contribution is 0.0171. The summed E-state index contributed by atoms with van der Waals surface area (Å²) in [5.74, 6) is 0.919. The molecule has 112 valence electrons. The summed E-state index contributed by atoms with van der Waals surface area (Å²) in [6.07, 6.45) is 0.826. The molecule has 0 aliphatic carbocycles. The van der Waals surface area contributed by atoms with Gasteiger partial charge in [0.15, 0.2) is 8.32 Å². The largest absolute Gasteiger partial charge is 0.493 e. The molecule has 0 fully saturated rings. The first-order chi connectivity index (χ1) is 9.22. The van der Waals surface area contributed by atoms with Crippen molar-refractivity contribution in [1.82, 2.24) is 0 Å². The highest BCUT2D eigenvalue weighted by atomic mass is 28.4. The average molecular weight is 293 g/mol. The van der Waals surface area contributed by atoms with Gasteiger partial charge in [0.1, 0.15) is 11.4 Å². The van der Waals surface area contributed by atoms with E-state index < -0.39 is 13.9 Å². The standard InChI is InChI=1S/C16H27NO2Si/c1-15(2,3)20(4,5)19-16(12-17)10-11-18-14-9-7-6-8-13(14)16/h6-9H,10-12,17H2,1-5H3. The van der Waals surface area contributed by atoms with Crippen LogP contribution in [0.15, 0.2) is 24.3 Å². The molecule has 0 saturated heterocycles. The van der Waals surface area contributed by atoms with Gasteiger partial charge in [-0.3, -0.25) is 0 Å². The predicted molar refractivity (Wildman–Crippen MR) is 85.6 cm³/mol. The zero-order valence-electron chi connectivity index (χ0n) is 13.3.